The van der Waals surface area contributed by atoms with Gasteiger partial charge in [-0.1, -0.05) is 107 Å². The summed E-state index contributed by atoms with van der Waals surface area (Å²) in [5, 5.41) is 22.6. The third-order valence-corrected chi connectivity index (χ3v) is 31.0. The second kappa shape index (κ2) is 29.7. The average molecular weight is 1090 g/mol. The third-order valence-electron chi connectivity index (χ3n) is 16.9. The summed E-state index contributed by atoms with van der Waals surface area (Å²) in [6, 6.07) is 14.3. The normalized spacial score (nSPS) is 27.0. The second-order valence-electron chi connectivity index (χ2n) is 21.5. The van der Waals surface area contributed by atoms with Crippen molar-refractivity contribution in [2.45, 2.75) is 252 Å². The molecule has 17 heteroatoms. The first-order valence-electron chi connectivity index (χ1n) is 28.3. The molecular formula is C57H99NO13Si3. The van der Waals surface area contributed by atoms with Gasteiger partial charge in [0, 0.05) is 43.1 Å². The summed E-state index contributed by atoms with van der Waals surface area (Å²) in [7, 11) is -6.51. The number of nitrogens with zero attached hydrogens (tertiary/aromatic N) is 1. The fraction of sp³-hybridized carbons (Fsp3) is 0.754. The van der Waals surface area contributed by atoms with Crippen LogP contribution in [0.4, 0.5) is 5.69 Å². The van der Waals surface area contributed by atoms with E-state index < -0.39 is 89.5 Å². The van der Waals surface area contributed by atoms with Crippen molar-refractivity contribution in [1.82, 2.24) is 0 Å². The van der Waals surface area contributed by atoms with Gasteiger partial charge < -0.3 is 42.1 Å². The molecule has 1 N–H and O–H groups in total. The highest BCUT2D eigenvalue weighted by atomic mass is 28.4. The Morgan fingerprint density at radius 3 is 1.97 bits per heavy atom. The first-order chi connectivity index (χ1) is 34.9. The lowest BCUT2D eigenvalue weighted by molar-refractivity contribution is -0.384. The van der Waals surface area contributed by atoms with Gasteiger partial charge in [0.2, 0.25) is 0 Å². The lowest BCUT2D eigenvalue weighted by Crippen LogP contribution is -2.51. The predicted molar refractivity (Wildman–Crippen MR) is 303 cm³/mol. The number of epoxide rings is 1. The second-order valence-corrected chi connectivity index (χ2v) is 35.7. The number of carbonyl (C=O) groups is 2. The Bertz CT molecular complexity index is 1960. The Kier molecular flexibility index (Phi) is 26.2. The maximum Gasteiger partial charge on any atom is 0.323 e. The first-order valence-corrected chi connectivity index (χ1v) is 35.9. The molecule has 2 aliphatic rings. The number of nitro groups is 1. The van der Waals surface area contributed by atoms with E-state index in [1.807, 2.05) is 52.0 Å². The van der Waals surface area contributed by atoms with Crippen LogP contribution in [0.3, 0.4) is 0 Å². The fourth-order valence-electron chi connectivity index (χ4n) is 11.1. The average Bonchev–Trinajstić information content (AvgIpc) is 4.15. The molecule has 1 aromatic rings. The van der Waals surface area contributed by atoms with Crippen molar-refractivity contribution in [2.75, 3.05) is 6.61 Å². The maximum atomic E-state index is 14.7. The summed E-state index contributed by atoms with van der Waals surface area (Å²) in [6.07, 6.45) is 8.49. The van der Waals surface area contributed by atoms with Gasteiger partial charge in [-0.3, -0.25) is 19.7 Å². The van der Waals surface area contributed by atoms with Gasteiger partial charge in [0.05, 0.1) is 28.8 Å². The number of aliphatic carboxylic acids is 1. The van der Waals surface area contributed by atoms with E-state index in [-0.39, 0.29) is 42.8 Å². The lowest BCUT2D eigenvalue weighted by atomic mass is 9.86. The van der Waals surface area contributed by atoms with Crippen LogP contribution in [0.15, 0.2) is 60.2 Å². The molecule has 14 nitrogen and oxygen atoms in total. The maximum absolute atomic E-state index is 14.7. The van der Waals surface area contributed by atoms with Crippen LogP contribution < -0.4 is 4.74 Å². The highest BCUT2D eigenvalue weighted by Gasteiger charge is 2.51. The number of carboxylic acid groups (broad SMARTS) is 1. The number of hydrogen-bond acceptors (Lipinski definition) is 12. The minimum Gasteiger partial charge on any atom is -0.483 e. The summed E-state index contributed by atoms with van der Waals surface area (Å²) in [5.41, 5.74) is -1.24. The SMILES string of the molecule is CCOC(C)OC1(C)CCC(O[Si](CC)(CC)CC)C(C(=O)O)C(=O)OC(/C(C)=C/C=C/C(C)(CC2OC2C(C)C(CC)O[Si](CC)(CC)CC)O[Si](CC)(CC)CC)C(C)/C=C/C1Oc1ccc([N+](=O)[O-])cc1. The van der Waals surface area contributed by atoms with Crippen molar-refractivity contribution in [3.8, 4) is 5.75 Å². The summed E-state index contributed by atoms with van der Waals surface area (Å²) >= 11 is 0. The van der Waals surface area contributed by atoms with Crippen LogP contribution in [0.5, 0.6) is 5.75 Å². The minimum absolute atomic E-state index is 0.00316. The molecule has 1 saturated heterocycles. The first kappa shape index (κ1) is 65.3. The number of allylic oxidation sites excluding steroid dienone is 2. The number of nitro benzene ring substituents is 1. The molecule has 0 aromatic heterocycles. The summed E-state index contributed by atoms with van der Waals surface area (Å²) in [6.45, 7) is 36.1. The number of non-ortho nitro benzene ring substituents is 1. The van der Waals surface area contributed by atoms with Crippen LogP contribution in [0.2, 0.25) is 54.4 Å². The molecule has 0 aliphatic carbocycles. The Hall–Kier alpha value is -3.01. The molecule has 2 aliphatic heterocycles. The Balaban J connectivity index is 2.22. The molecular weight excluding hydrogens is 991 g/mol. The van der Waals surface area contributed by atoms with Crippen LogP contribution in [-0.4, -0.2) is 108 Å². The van der Waals surface area contributed by atoms with Crippen molar-refractivity contribution in [3.05, 3.63) is 70.3 Å². The fourth-order valence-corrected chi connectivity index (χ4v) is 20.1. The predicted octanol–water partition coefficient (Wildman–Crippen LogP) is 14.4. The molecule has 0 spiro atoms. The number of benzene rings is 1. The number of esters is 1. The van der Waals surface area contributed by atoms with Crippen LogP contribution >= 0.6 is 0 Å². The number of carboxylic acids is 1. The van der Waals surface area contributed by atoms with E-state index in [0.29, 0.717) is 24.4 Å². The van der Waals surface area contributed by atoms with Crippen LogP contribution in [0, 0.1) is 27.9 Å². The highest BCUT2D eigenvalue weighted by molar-refractivity contribution is 6.74. The number of hydrogen-bond donors (Lipinski definition) is 1. The highest BCUT2D eigenvalue weighted by Crippen LogP contribution is 2.43. The standard InChI is InChI=1S/C57H99NO13Si3/c1-18-47(69-72(20-3,21-4)22-5)43(14)53-49(66-53)40-56(16,71-74(26-9,27-10)28-11)38-29-30-41(12)52-42(13)31-36-50(65-46-34-32-45(33-35-46)58(62)63)57(17,68-44(15)64-19-2)39-37-48(51(54(59)60)55(61)67-52)70-73(23-6,24-7)25-8/h29-36,38,42-44,47-53H,18-28,37,39-40H2,1-17H3,(H,59,60)/b36-31+,38-29+,41-30+. The quantitative estimate of drug-likeness (QED) is 0.00857. The molecule has 12 unspecified atom stereocenters. The summed E-state index contributed by atoms with van der Waals surface area (Å²) < 4.78 is 53.8. The molecule has 12 atom stereocenters. The van der Waals surface area contributed by atoms with Gasteiger partial charge in [0.15, 0.2) is 37.2 Å². The Labute approximate surface area is 449 Å². The molecule has 1 fully saturated rings. The summed E-state index contributed by atoms with van der Waals surface area (Å²) in [5.74, 6) is -3.73. The molecule has 0 radical (unpaired) electrons. The Morgan fingerprint density at radius 1 is 0.905 bits per heavy atom. The zero-order valence-corrected chi connectivity index (χ0v) is 51.7. The van der Waals surface area contributed by atoms with Crippen molar-refractivity contribution >= 4 is 42.6 Å². The third kappa shape index (κ3) is 17.5. The molecule has 0 saturated carbocycles. The molecule has 3 rings (SSSR count). The van der Waals surface area contributed by atoms with Crippen molar-refractivity contribution in [1.29, 1.82) is 0 Å². The van der Waals surface area contributed by atoms with Crippen molar-refractivity contribution in [2.24, 2.45) is 17.8 Å². The largest absolute Gasteiger partial charge is 0.483 e. The molecule has 422 valence electrons. The molecule has 0 amide bonds. The van der Waals surface area contributed by atoms with Gasteiger partial charge in [-0.05, 0) is 132 Å². The van der Waals surface area contributed by atoms with E-state index in [1.165, 1.54) is 12.1 Å². The van der Waals surface area contributed by atoms with E-state index >= 15 is 0 Å². The molecule has 2 heterocycles. The van der Waals surface area contributed by atoms with Crippen LogP contribution in [0.1, 0.15) is 143 Å². The van der Waals surface area contributed by atoms with E-state index in [1.54, 1.807) is 19.1 Å². The van der Waals surface area contributed by atoms with Gasteiger partial charge in [0.25, 0.3) is 5.69 Å². The number of carbonyl (C=O) groups excluding carboxylic acids is 1. The van der Waals surface area contributed by atoms with Gasteiger partial charge in [-0.2, -0.15) is 0 Å². The van der Waals surface area contributed by atoms with Gasteiger partial charge >= 0.3 is 11.9 Å². The topological polar surface area (TPSA) is 175 Å². The molecule has 0 bridgehead atoms. The Morgan fingerprint density at radius 2 is 1.47 bits per heavy atom. The molecule has 74 heavy (non-hydrogen) atoms. The van der Waals surface area contributed by atoms with Crippen LogP contribution in [-0.2, 0) is 41.8 Å². The van der Waals surface area contributed by atoms with Gasteiger partial charge in [-0.25, -0.2) is 0 Å². The van der Waals surface area contributed by atoms with Crippen molar-refractivity contribution in [3.63, 3.8) is 0 Å². The zero-order valence-electron chi connectivity index (χ0n) is 48.7. The monoisotopic (exact) mass is 1090 g/mol. The zero-order chi connectivity index (χ0) is 55.7. The van der Waals surface area contributed by atoms with Gasteiger partial charge in [-0.15, -0.1) is 0 Å². The number of ether oxygens (including phenoxy) is 5. The smallest absolute Gasteiger partial charge is 0.323 e. The molecule has 1 aromatic carbocycles. The van der Waals surface area contributed by atoms with E-state index in [9.17, 15) is 24.8 Å². The van der Waals surface area contributed by atoms with E-state index in [0.717, 1.165) is 60.8 Å². The van der Waals surface area contributed by atoms with E-state index in [2.05, 4.69) is 89.2 Å². The number of cyclic esters (lactones) is 1. The summed E-state index contributed by atoms with van der Waals surface area (Å²) in [4.78, 5) is 39.4. The minimum atomic E-state index is -2.53. The van der Waals surface area contributed by atoms with Crippen LogP contribution in [0.25, 0.3) is 0 Å². The lowest BCUT2D eigenvalue weighted by Gasteiger charge is -2.41. The number of rotatable bonds is 31. The van der Waals surface area contributed by atoms with Gasteiger partial charge in [0.1, 0.15) is 23.6 Å². The van der Waals surface area contributed by atoms with E-state index in [4.69, 9.17) is 37.0 Å². The van der Waals surface area contributed by atoms with Crippen molar-refractivity contribution < 1.29 is 56.6 Å².